The number of carbonyl (C=O) groups is 1. The maximum Gasteiger partial charge on any atom is 0.252 e. The van der Waals surface area contributed by atoms with Gasteiger partial charge in [-0.15, -0.1) is 0 Å². The Morgan fingerprint density at radius 3 is 2.69 bits per heavy atom. The predicted octanol–water partition coefficient (Wildman–Crippen LogP) is 2.09. The van der Waals surface area contributed by atoms with Crippen LogP contribution in [0.3, 0.4) is 0 Å². The number of rotatable bonds is 3. The molecule has 1 fully saturated rings. The van der Waals surface area contributed by atoms with Crippen molar-refractivity contribution in [3.63, 3.8) is 0 Å². The molecule has 2 N–H and O–H groups in total. The first kappa shape index (κ1) is 11.6. The number of hydrogen-bond acceptors (Lipinski definition) is 2. The quantitative estimate of drug-likeness (QED) is 0.893. The average Bonchev–Trinajstić information content (AvgIpc) is 2.24. The normalized spacial score (nSPS) is 17.6. The molecule has 0 unspecified atom stereocenters. The zero-order chi connectivity index (χ0) is 11.6. The number of hydrogen-bond donors (Lipinski definition) is 2. The minimum atomic E-state index is -0.670. The Balaban J connectivity index is 1.96. The second-order valence-electron chi connectivity index (χ2n) is 4.24. The summed E-state index contributed by atoms with van der Waals surface area (Å²) in [7, 11) is 0. The molecular formula is C12H14BrNO2. The molecule has 86 valence electrons. The fourth-order valence-corrected chi connectivity index (χ4v) is 2.21. The molecule has 0 heterocycles. The van der Waals surface area contributed by atoms with Crippen LogP contribution in [0.1, 0.15) is 29.6 Å². The number of halogens is 1. The zero-order valence-electron chi connectivity index (χ0n) is 8.87. The molecule has 1 aliphatic rings. The van der Waals surface area contributed by atoms with Crippen molar-refractivity contribution >= 4 is 21.8 Å². The first-order chi connectivity index (χ1) is 7.61. The maximum absolute atomic E-state index is 11.8. The number of aliphatic hydroxyl groups is 1. The Hall–Kier alpha value is -0.870. The van der Waals surface area contributed by atoms with Gasteiger partial charge >= 0.3 is 0 Å². The lowest BCUT2D eigenvalue weighted by atomic mass is 9.80. The van der Waals surface area contributed by atoms with E-state index in [0.717, 1.165) is 23.7 Å². The van der Waals surface area contributed by atoms with E-state index in [1.165, 1.54) is 0 Å². The first-order valence-corrected chi connectivity index (χ1v) is 6.15. The minimum Gasteiger partial charge on any atom is -0.388 e. The molecule has 1 aromatic carbocycles. The Labute approximate surface area is 103 Å². The third kappa shape index (κ3) is 2.44. The lowest BCUT2D eigenvalue weighted by Gasteiger charge is -2.36. The predicted molar refractivity (Wildman–Crippen MR) is 65.3 cm³/mol. The van der Waals surface area contributed by atoms with Gasteiger partial charge in [-0.25, -0.2) is 0 Å². The maximum atomic E-state index is 11.8. The summed E-state index contributed by atoms with van der Waals surface area (Å²) >= 11 is 3.33. The van der Waals surface area contributed by atoms with E-state index in [-0.39, 0.29) is 5.91 Å². The Morgan fingerprint density at radius 1 is 1.44 bits per heavy atom. The molecule has 0 saturated heterocycles. The fourth-order valence-electron chi connectivity index (χ4n) is 1.75. The van der Waals surface area contributed by atoms with E-state index in [1.54, 1.807) is 6.07 Å². The summed E-state index contributed by atoms with van der Waals surface area (Å²) in [5.41, 5.74) is -0.0675. The molecule has 16 heavy (non-hydrogen) atoms. The zero-order valence-corrected chi connectivity index (χ0v) is 10.5. The largest absolute Gasteiger partial charge is 0.388 e. The summed E-state index contributed by atoms with van der Waals surface area (Å²) in [6, 6.07) is 7.26. The number of amides is 1. The molecular weight excluding hydrogens is 270 g/mol. The molecule has 0 atom stereocenters. The molecule has 3 nitrogen and oxygen atoms in total. The van der Waals surface area contributed by atoms with Crippen LogP contribution in [-0.2, 0) is 0 Å². The third-order valence-electron chi connectivity index (χ3n) is 2.98. The van der Waals surface area contributed by atoms with E-state index in [1.807, 2.05) is 18.2 Å². The van der Waals surface area contributed by atoms with Gasteiger partial charge in [-0.1, -0.05) is 12.1 Å². The molecule has 1 saturated carbocycles. The molecule has 0 spiro atoms. The second-order valence-corrected chi connectivity index (χ2v) is 5.09. The highest BCUT2D eigenvalue weighted by Crippen LogP contribution is 2.30. The average molecular weight is 284 g/mol. The van der Waals surface area contributed by atoms with Crippen molar-refractivity contribution in [3.8, 4) is 0 Å². The topological polar surface area (TPSA) is 49.3 Å². The van der Waals surface area contributed by atoms with E-state index < -0.39 is 5.60 Å². The van der Waals surface area contributed by atoms with Crippen molar-refractivity contribution in [2.24, 2.45) is 0 Å². The van der Waals surface area contributed by atoms with E-state index in [0.29, 0.717) is 12.1 Å². The summed E-state index contributed by atoms with van der Waals surface area (Å²) < 4.78 is 0.771. The minimum absolute atomic E-state index is 0.146. The molecule has 1 amide bonds. The summed E-state index contributed by atoms with van der Waals surface area (Å²) in [6.45, 7) is 0.340. The van der Waals surface area contributed by atoms with Crippen molar-refractivity contribution in [2.75, 3.05) is 6.54 Å². The third-order valence-corrected chi connectivity index (χ3v) is 3.67. The van der Waals surface area contributed by atoms with Gasteiger partial charge in [0.15, 0.2) is 0 Å². The van der Waals surface area contributed by atoms with E-state index in [4.69, 9.17) is 0 Å². The van der Waals surface area contributed by atoms with Gasteiger partial charge in [0.25, 0.3) is 5.91 Å². The fraction of sp³-hybridized carbons (Fsp3) is 0.417. The van der Waals surface area contributed by atoms with E-state index in [2.05, 4.69) is 21.2 Å². The number of benzene rings is 1. The van der Waals surface area contributed by atoms with Gasteiger partial charge in [0, 0.05) is 11.0 Å². The Bertz CT molecular complexity index is 402. The van der Waals surface area contributed by atoms with Crippen molar-refractivity contribution in [1.29, 1.82) is 0 Å². The first-order valence-electron chi connectivity index (χ1n) is 5.36. The van der Waals surface area contributed by atoms with Gasteiger partial charge in [0.2, 0.25) is 0 Å². The van der Waals surface area contributed by atoms with Gasteiger partial charge in [0.1, 0.15) is 0 Å². The molecule has 1 aliphatic carbocycles. The lowest BCUT2D eigenvalue weighted by Crippen LogP contribution is -2.47. The molecule has 4 heteroatoms. The summed E-state index contributed by atoms with van der Waals surface area (Å²) in [5.74, 6) is -0.146. The van der Waals surface area contributed by atoms with Crippen molar-refractivity contribution < 1.29 is 9.90 Å². The van der Waals surface area contributed by atoms with Crippen molar-refractivity contribution in [3.05, 3.63) is 34.3 Å². The van der Waals surface area contributed by atoms with Gasteiger partial charge in [-0.05, 0) is 47.3 Å². The molecule has 0 radical (unpaired) electrons. The highest BCUT2D eigenvalue weighted by Gasteiger charge is 2.34. The van der Waals surface area contributed by atoms with Crippen molar-refractivity contribution in [2.45, 2.75) is 24.9 Å². The van der Waals surface area contributed by atoms with Crippen LogP contribution in [0.25, 0.3) is 0 Å². The smallest absolute Gasteiger partial charge is 0.252 e. The van der Waals surface area contributed by atoms with Crippen LogP contribution in [0, 0.1) is 0 Å². The molecule has 1 aromatic rings. The Morgan fingerprint density at radius 2 is 2.12 bits per heavy atom. The second kappa shape index (κ2) is 4.55. The number of nitrogens with one attached hydrogen (secondary N) is 1. The molecule has 2 rings (SSSR count). The van der Waals surface area contributed by atoms with E-state index >= 15 is 0 Å². The van der Waals surface area contributed by atoms with E-state index in [9.17, 15) is 9.90 Å². The molecule has 0 aromatic heterocycles. The van der Waals surface area contributed by atoms with Gasteiger partial charge in [-0.3, -0.25) is 4.79 Å². The standard InChI is InChI=1S/C12H14BrNO2/c13-10-5-2-1-4-9(10)11(15)14-8-12(16)6-3-7-12/h1-2,4-5,16H,3,6-8H2,(H,14,15). The van der Waals surface area contributed by atoms with Gasteiger partial charge in [0.05, 0.1) is 11.2 Å². The van der Waals surface area contributed by atoms with Crippen LogP contribution >= 0.6 is 15.9 Å². The lowest BCUT2D eigenvalue weighted by molar-refractivity contribution is -0.0300. The van der Waals surface area contributed by atoms with Gasteiger partial charge < -0.3 is 10.4 Å². The van der Waals surface area contributed by atoms with Crippen LogP contribution in [0.4, 0.5) is 0 Å². The van der Waals surface area contributed by atoms with Crippen LogP contribution in [-0.4, -0.2) is 23.2 Å². The van der Waals surface area contributed by atoms with Crippen LogP contribution < -0.4 is 5.32 Å². The SMILES string of the molecule is O=C(NCC1(O)CCC1)c1ccccc1Br. The van der Waals surface area contributed by atoms with Crippen molar-refractivity contribution in [1.82, 2.24) is 5.32 Å². The highest BCUT2D eigenvalue weighted by molar-refractivity contribution is 9.10. The van der Waals surface area contributed by atoms with Crippen LogP contribution in [0.2, 0.25) is 0 Å². The molecule has 0 aliphatic heterocycles. The monoisotopic (exact) mass is 283 g/mol. The summed E-state index contributed by atoms with van der Waals surface area (Å²) in [5, 5.41) is 12.6. The number of carbonyl (C=O) groups excluding carboxylic acids is 1. The highest BCUT2D eigenvalue weighted by atomic mass is 79.9. The van der Waals surface area contributed by atoms with Gasteiger partial charge in [-0.2, -0.15) is 0 Å². The summed E-state index contributed by atoms with van der Waals surface area (Å²) in [4.78, 5) is 11.8. The molecule has 0 bridgehead atoms. The Kier molecular flexibility index (Phi) is 3.30. The van der Waals surface area contributed by atoms with Crippen LogP contribution in [0.5, 0.6) is 0 Å². The summed E-state index contributed by atoms with van der Waals surface area (Å²) in [6.07, 6.45) is 2.61. The van der Waals surface area contributed by atoms with Crippen LogP contribution in [0.15, 0.2) is 28.7 Å².